The second-order valence-corrected chi connectivity index (χ2v) is 3.56. The Bertz CT molecular complexity index is 319. The van der Waals surface area contributed by atoms with Gasteiger partial charge in [0.05, 0.1) is 6.61 Å². The number of ether oxygens (including phenoxy) is 2. The van der Waals surface area contributed by atoms with E-state index in [0.29, 0.717) is 13.2 Å². The highest BCUT2D eigenvalue weighted by Crippen LogP contribution is 2.17. The van der Waals surface area contributed by atoms with Gasteiger partial charge >= 0.3 is 0 Å². The maximum atomic E-state index is 5.48. The minimum Gasteiger partial charge on any atom is -0.494 e. The van der Waals surface area contributed by atoms with Crippen LogP contribution in [0.15, 0.2) is 36.4 Å². The van der Waals surface area contributed by atoms with Crippen molar-refractivity contribution in [1.29, 1.82) is 0 Å². The standard InChI is InChI=1S/C13H19NO2/c1-3-8-15-12-4-6-13(7-5-12)16-10-11(2)9-14/h4-7H,2-3,8-10,14H2,1H3. The molecule has 0 unspecified atom stereocenters. The lowest BCUT2D eigenvalue weighted by Gasteiger charge is -2.08. The summed E-state index contributed by atoms with van der Waals surface area (Å²) in [6.45, 7) is 7.51. The number of nitrogens with two attached hydrogens (primary N) is 1. The molecule has 0 saturated carbocycles. The van der Waals surface area contributed by atoms with E-state index in [9.17, 15) is 0 Å². The average molecular weight is 221 g/mol. The summed E-state index contributed by atoms with van der Waals surface area (Å²) in [4.78, 5) is 0. The molecule has 0 radical (unpaired) electrons. The maximum absolute atomic E-state index is 5.48. The van der Waals surface area contributed by atoms with Crippen molar-refractivity contribution in [3.63, 3.8) is 0 Å². The quantitative estimate of drug-likeness (QED) is 0.719. The first-order valence-corrected chi connectivity index (χ1v) is 5.48. The van der Waals surface area contributed by atoms with E-state index in [0.717, 1.165) is 30.1 Å². The Morgan fingerprint density at radius 2 is 1.75 bits per heavy atom. The Morgan fingerprint density at radius 3 is 2.25 bits per heavy atom. The molecule has 0 spiro atoms. The van der Waals surface area contributed by atoms with Gasteiger partial charge in [-0.15, -0.1) is 0 Å². The molecule has 16 heavy (non-hydrogen) atoms. The molecule has 3 heteroatoms. The second kappa shape index (κ2) is 6.90. The molecule has 0 amide bonds. The molecule has 88 valence electrons. The fourth-order valence-corrected chi connectivity index (χ4v) is 1.10. The van der Waals surface area contributed by atoms with E-state index in [1.54, 1.807) is 0 Å². The van der Waals surface area contributed by atoms with Crippen molar-refractivity contribution < 1.29 is 9.47 Å². The molecular formula is C13H19NO2. The second-order valence-electron chi connectivity index (χ2n) is 3.56. The van der Waals surface area contributed by atoms with Gasteiger partial charge in [-0.25, -0.2) is 0 Å². The molecule has 0 fully saturated rings. The van der Waals surface area contributed by atoms with E-state index in [1.807, 2.05) is 24.3 Å². The molecule has 0 saturated heterocycles. The lowest BCUT2D eigenvalue weighted by Crippen LogP contribution is -2.09. The summed E-state index contributed by atoms with van der Waals surface area (Å²) in [7, 11) is 0. The van der Waals surface area contributed by atoms with E-state index in [-0.39, 0.29) is 0 Å². The lowest BCUT2D eigenvalue weighted by atomic mass is 10.3. The van der Waals surface area contributed by atoms with Gasteiger partial charge in [0.2, 0.25) is 0 Å². The fraction of sp³-hybridized carbons (Fsp3) is 0.385. The van der Waals surface area contributed by atoms with E-state index < -0.39 is 0 Å². The molecule has 1 aromatic carbocycles. The molecule has 2 N–H and O–H groups in total. The van der Waals surface area contributed by atoms with Crippen LogP contribution in [0.3, 0.4) is 0 Å². The normalized spacial score (nSPS) is 9.88. The highest BCUT2D eigenvalue weighted by molar-refractivity contribution is 5.31. The van der Waals surface area contributed by atoms with Gasteiger partial charge in [0.15, 0.2) is 0 Å². The van der Waals surface area contributed by atoms with Crippen LogP contribution >= 0.6 is 0 Å². The zero-order valence-corrected chi connectivity index (χ0v) is 9.74. The number of hydrogen-bond donors (Lipinski definition) is 1. The van der Waals surface area contributed by atoms with Gasteiger partial charge < -0.3 is 15.2 Å². The summed E-state index contributed by atoms with van der Waals surface area (Å²) < 4.78 is 10.9. The van der Waals surface area contributed by atoms with Crippen molar-refractivity contribution in [3.8, 4) is 11.5 Å². The molecule has 0 aliphatic carbocycles. The summed E-state index contributed by atoms with van der Waals surface area (Å²) in [5.74, 6) is 1.67. The molecule has 0 aliphatic heterocycles. The van der Waals surface area contributed by atoms with Gasteiger partial charge in [-0.2, -0.15) is 0 Å². The van der Waals surface area contributed by atoms with Crippen LogP contribution < -0.4 is 15.2 Å². The average Bonchev–Trinajstić information content (AvgIpc) is 2.34. The van der Waals surface area contributed by atoms with Gasteiger partial charge in [0.1, 0.15) is 18.1 Å². The van der Waals surface area contributed by atoms with Crippen LogP contribution in [-0.4, -0.2) is 19.8 Å². The van der Waals surface area contributed by atoms with E-state index in [1.165, 1.54) is 0 Å². The zero-order valence-electron chi connectivity index (χ0n) is 9.74. The molecule has 0 bridgehead atoms. The first-order valence-electron chi connectivity index (χ1n) is 5.48. The first kappa shape index (κ1) is 12.6. The Kier molecular flexibility index (Phi) is 5.43. The predicted octanol–water partition coefficient (Wildman–Crippen LogP) is 2.37. The minimum atomic E-state index is 0.456. The van der Waals surface area contributed by atoms with Crippen molar-refractivity contribution in [2.24, 2.45) is 5.73 Å². The van der Waals surface area contributed by atoms with Crippen molar-refractivity contribution in [1.82, 2.24) is 0 Å². The van der Waals surface area contributed by atoms with Crippen molar-refractivity contribution in [2.45, 2.75) is 13.3 Å². The highest BCUT2D eigenvalue weighted by atomic mass is 16.5. The van der Waals surface area contributed by atoms with Crippen LogP contribution in [0.2, 0.25) is 0 Å². The molecule has 0 atom stereocenters. The highest BCUT2D eigenvalue weighted by Gasteiger charge is 1.97. The summed E-state index contributed by atoms with van der Waals surface area (Å²) in [5, 5.41) is 0. The topological polar surface area (TPSA) is 44.5 Å². The third kappa shape index (κ3) is 4.36. The maximum Gasteiger partial charge on any atom is 0.120 e. The Morgan fingerprint density at radius 1 is 1.19 bits per heavy atom. The third-order valence-corrected chi connectivity index (χ3v) is 2.03. The monoisotopic (exact) mass is 221 g/mol. The Labute approximate surface area is 96.9 Å². The smallest absolute Gasteiger partial charge is 0.120 e. The van der Waals surface area contributed by atoms with Crippen LogP contribution in [0.25, 0.3) is 0 Å². The first-order chi connectivity index (χ1) is 7.76. The molecular weight excluding hydrogens is 202 g/mol. The van der Waals surface area contributed by atoms with Crippen LogP contribution in [-0.2, 0) is 0 Å². The molecule has 1 aromatic rings. The molecule has 1 rings (SSSR count). The lowest BCUT2D eigenvalue weighted by molar-refractivity contribution is 0.315. The van der Waals surface area contributed by atoms with Crippen LogP contribution in [0.5, 0.6) is 11.5 Å². The fourth-order valence-electron chi connectivity index (χ4n) is 1.10. The summed E-state index contributed by atoms with van der Waals surface area (Å²) in [6, 6.07) is 7.57. The van der Waals surface area contributed by atoms with E-state index in [2.05, 4.69) is 13.5 Å². The number of hydrogen-bond acceptors (Lipinski definition) is 3. The van der Waals surface area contributed by atoms with Gasteiger partial charge in [-0.05, 0) is 36.3 Å². The zero-order chi connectivity index (χ0) is 11.8. The van der Waals surface area contributed by atoms with Gasteiger partial charge in [-0.3, -0.25) is 0 Å². The molecule has 0 aromatic heterocycles. The van der Waals surface area contributed by atoms with Crippen molar-refractivity contribution in [3.05, 3.63) is 36.4 Å². The number of rotatable bonds is 7. The van der Waals surface area contributed by atoms with Gasteiger partial charge in [-0.1, -0.05) is 13.5 Å². The van der Waals surface area contributed by atoms with E-state index in [4.69, 9.17) is 15.2 Å². The van der Waals surface area contributed by atoms with Crippen molar-refractivity contribution >= 4 is 0 Å². The van der Waals surface area contributed by atoms with Crippen LogP contribution in [0.4, 0.5) is 0 Å². The summed E-state index contributed by atoms with van der Waals surface area (Å²) in [5.41, 5.74) is 6.30. The van der Waals surface area contributed by atoms with E-state index >= 15 is 0 Å². The van der Waals surface area contributed by atoms with Crippen LogP contribution in [0, 0.1) is 0 Å². The number of benzene rings is 1. The van der Waals surface area contributed by atoms with Gasteiger partial charge in [0, 0.05) is 6.54 Å². The third-order valence-electron chi connectivity index (χ3n) is 2.03. The Balaban J connectivity index is 2.41. The summed E-state index contributed by atoms with van der Waals surface area (Å²) in [6.07, 6.45) is 1.01. The predicted molar refractivity (Wildman–Crippen MR) is 65.9 cm³/mol. The molecule has 0 aliphatic rings. The van der Waals surface area contributed by atoms with Crippen LogP contribution in [0.1, 0.15) is 13.3 Å². The SMILES string of the molecule is C=C(CN)COc1ccc(OCCC)cc1. The van der Waals surface area contributed by atoms with Crippen molar-refractivity contribution in [2.75, 3.05) is 19.8 Å². The Hall–Kier alpha value is -1.48. The largest absolute Gasteiger partial charge is 0.494 e. The summed E-state index contributed by atoms with van der Waals surface area (Å²) >= 11 is 0. The molecule has 0 heterocycles. The molecule has 3 nitrogen and oxygen atoms in total. The minimum absolute atomic E-state index is 0.456. The van der Waals surface area contributed by atoms with Gasteiger partial charge in [0.25, 0.3) is 0 Å².